The van der Waals surface area contributed by atoms with Gasteiger partial charge in [0.05, 0.1) is 17.0 Å². The van der Waals surface area contributed by atoms with E-state index in [1.807, 2.05) is 28.3 Å². The van der Waals surface area contributed by atoms with Crippen molar-refractivity contribution in [3.05, 3.63) is 29.9 Å². The van der Waals surface area contributed by atoms with Gasteiger partial charge in [-0.25, -0.2) is 4.98 Å². The fraction of sp³-hybridized carbons (Fsp3) is 0.462. The number of nitrogens with two attached hydrogens (primary N) is 1. The van der Waals surface area contributed by atoms with E-state index in [9.17, 15) is 5.11 Å². The Labute approximate surface area is 110 Å². The molecule has 1 saturated carbocycles. The second-order valence-electron chi connectivity index (χ2n) is 4.94. The molecular weight excluding hydrogens is 246 g/mol. The minimum Gasteiger partial charge on any atom is -0.386 e. The van der Waals surface area contributed by atoms with Gasteiger partial charge >= 0.3 is 0 Å². The van der Waals surface area contributed by atoms with Gasteiger partial charge in [-0.2, -0.15) is 0 Å². The molecule has 3 N–H and O–H groups in total. The van der Waals surface area contributed by atoms with Crippen LogP contribution in [0.4, 0.5) is 0 Å². The van der Waals surface area contributed by atoms with Crippen molar-refractivity contribution in [1.82, 2.24) is 9.55 Å². The molecule has 0 aromatic carbocycles. The maximum Gasteiger partial charge on any atom is 0.150 e. The van der Waals surface area contributed by atoms with E-state index in [2.05, 4.69) is 4.98 Å². The molecule has 0 aliphatic heterocycles. The summed E-state index contributed by atoms with van der Waals surface area (Å²) in [6, 6.07) is 4.05. The zero-order valence-corrected chi connectivity index (χ0v) is 10.9. The number of aliphatic hydroxyl groups is 1. The Kier molecular flexibility index (Phi) is 2.97. The van der Waals surface area contributed by atoms with Crippen LogP contribution in [0.25, 0.3) is 10.7 Å². The SMILES string of the molecule is NCC(O)(Cn1ccnc1-c1cccs1)C1CC1. The number of aromatic nitrogens is 2. The van der Waals surface area contributed by atoms with Crippen LogP contribution < -0.4 is 5.73 Å². The molecule has 2 heterocycles. The Hall–Kier alpha value is -1.17. The average molecular weight is 263 g/mol. The summed E-state index contributed by atoms with van der Waals surface area (Å²) >= 11 is 1.66. The van der Waals surface area contributed by atoms with Gasteiger partial charge in [0, 0.05) is 18.9 Å². The van der Waals surface area contributed by atoms with Crippen molar-refractivity contribution in [2.24, 2.45) is 11.7 Å². The third-order valence-corrected chi connectivity index (χ3v) is 4.46. The standard InChI is InChI=1S/C13H17N3OS/c14-8-13(17,10-3-4-10)9-16-6-5-15-12(16)11-2-1-7-18-11/h1-2,5-7,10,17H,3-4,8-9,14H2. The first-order chi connectivity index (χ1) is 8.73. The molecule has 2 aromatic rings. The zero-order chi connectivity index (χ0) is 12.6. The van der Waals surface area contributed by atoms with Gasteiger partial charge in [0.1, 0.15) is 5.82 Å². The van der Waals surface area contributed by atoms with Crippen molar-refractivity contribution in [1.29, 1.82) is 0 Å². The summed E-state index contributed by atoms with van der Waals surface area (Å²) in [5.41, 5.74) is 4.97. The van der Waals surface area contributed by atoms with Crippen molar-refractivity contribution in [2.75, 3.05) is 6.54 Å². The van der Waals surface area contributed by atoms with Gasteiger partial charge in [-0.05, 0) is 30.2 Å². The molecule has 1 unspecified atom stereocenters. The molecule has 1 atom stereocenters. The van der Waals surface area contributed by atoms with Crippen LogP contribution in [0.5, 0.6) is 0 Å². The van der Waals surface area contributed by atoms with Crippen molar-refractivity contribution in [2.45, 2.75) is 25.0 Å². The number of hydrogen-bond donors (Lipinski definition) is 2. The molecule has 4 nitrogen and oxygen atoms in total. The zero-order valence-electron chi connectivity index (χ0n) is 10.1. The first-order valence-corrected chi connectivity index (χ1v) is 7.08. The predicted octanol–water partition coefficient (Wildman–Crippen LogP) is 1.71. The van der Waals surface area contributed by atoms with Crippen molar-refractivity contribution >= 4 is 11.3 Å². The third kappa shape index (κ3) is 2.09. The summed E-state index contributed by atoms with van der Waals surface area (Å²) in [4.78, 5) is 5.50. The van der Waals surface area contributed by atoms with Crippen LogP contribution in [0.3, 0.4) is 0 Å². The molecule has 0 bridgehead atoms. The molecule has 0 amide bonds. The Morgan fingerprint density at radius 3 is 3.00 bits per heavy atom. The number of rotatable bonds is 5. The Morgan fingerprint density at radius 1 is 1.56 bits per heavy atom. The molecule has 0 radical (unpaired) electrons. The van der Waals surface area contributed by atoms with E-state index in [1.54, 1.807) is 17.5 Å². The molecule has 2 aromatic heterocycles. The van der Waals surface area contributed by atoms with Crippen molar-refractivity contribution < 1.29 is 5.11 Å². The summed E-state index contributed by atoms with van der Waals surface area (Å²) in [6.45, 7) is 0.834. The van der Waals surface area contributed by atoms with Crippen LogP contribution >= 0.6 is 11.3 Å². The molecule has 96 valence electrons. The van der Waals surface area contributed by atoms with Gasteiger partial charge in [0.2, 0.25) is 0 Å². The fourth-order valence-corrected chi connectivity index (χ4v) is 3.08. The lowest BCUT2D eigenvalue weighted by molar-refractivity contribution is 0.00980. The first-order valence-electron chi connectivity index (χ1n) is 6.20. The summed E-state index contributed by atoms with van der Waals surface area (Å²) in [5, 5.41) is 12.6. The van der Waals surface area contributed by atoms with Crippen LogP contribution in [0.15, 0.2) is 29.9 Å². The third-order valence-electron chi connectivity index (χ3n) is 3.59. The van der Waals surface area contributed by atoms with E-state index in [-0.39, 0.29) is 0 Å². The molecule has 5 heteroatoms. The number of thiophene rings is 1. The minimum atomic E-state index is -0.785. The van der Waals surface area contributed by atoms with Crippen molar-refractivity contribution in [3.63, 3.8) is 0 Å². The smallest absolute Gasteiger partial charge is 0.150 e. The van der Waals surface area contributed by atoms with Gasteiger partial charge in [0.25, 0.3) is 0 Å². The fourth-order valence-electron chi connectivity index (χ4n) is 2.34. The molecular formula is C13H17N3OS. The van der Waals surface area contributed by atoms with E-state index in [0.29, 0.717) is 19.0 Å². The maximum atomic E-state index is 10.6. The van der Waals surface area contributed by atoms with E-state index in [0.717, 1.165) is 23.5 Å². The highest BCUT2D eigenvalue weighted by atomic mass is 32.1. The van der Waals surface area contributed by atoms with Gasteiger partial charge in [-0.15, -0.1) is 11.3 Å². The number of hydrogen-bond acceptors (Lipinski definition) is 4. The first kappa shape index (κ1) is 11.9. The Bertz CT molecular complexity index is 518. The summed E-state index contributed by atoms with van der Waals surface area (Å²) in [5.74, 6) is 1.26. The highest BCUT2D eigenvalue weighted by molar-refractivity contribution is 7.13. The predicted molar refractivity (Wildman–Crippen MR) is 72.3 cm³/mol. The second kappa shape index (κ2) is 4.50. The molecule has 1 aliphatic carbocycles. The highest BCUT2D eigenvalue weighted by Crippen LogP contribution is 2.40. The van der Waals surface area contributed by atoms with Crippen molar-refractivity contribution in [3.8, 4) is 10.7 Å². The quantitative estimate of drug-likeness (QED) is 0.863. The van der Waals surface area contributed by atoms with Crippen LogP contribution in [0.2, 0.25) is 0 Å². The molecule has 0 spiro atoms. The molecule has 18 heavy (non-hydrogen) atoms. The summed E-state index contributed by atoms with van der Waals surface area (Å²) in [7, 11) is 0. The Morgan fingerprint density at radius 2 is 2.39 bits per heavy atom. The summed E-state index contributed by atoms with van der Waals surface area (Å²) < 4.78 is 2.01. The molecule has 3 rings (SSSR count). The normalized spacial score (nSPS) is 18.8. The largest absolute Gasteiger partial charge is 0.386 e. The maximum absolute atomic E-state index is 10.6. The lowest BCUT2D eigenvalue weighted by atomic mass is 9.98. The van der Waals surface area contributed by atoms with Gasteiger partial charge in [-0.3, -0.25) is 0 Å². The average Bonchev–Trinajstić information content (AvgIpc) is 2.92. The minimum absolute atomic E-state index is 0.305. The van der Waals surface area contributed by atoms with Crippen LogP contribution in [-0.2, 0) is 6.54 Å². The van der Waals surface area contributed by atoms with Gasteiger partial charge < -0.3 is 15.4 Å². The number of nitrogens with zero attached hydrogens (tertiary/aromatic N) is 2. The monoisotopic (exact) mass is 263 g/mol. The van der Waals surface area contributed by atoms with Crippen LogP contribution in [0, 0.1) is 5.92 Å². The second-order valence-corrected chi connectivity index (χ2v) is 5.89. The highest BCUT2D eigenvalue weighted by Gasteiger charge is 2.43. The topological polar surface area (TPSA) is 64.1 Å². The Balaban J connectivity index is 1.87. The number of imidazole rings is 1. The lowest BCUT2D eigenvalue weighted by Gasteiger charge is -2.27. The van der Waals surface area contributed by atoms with E-state index in [1.165, 1.54) is 0 Å². The van der Waals surface area contributed by atoms with Crippen LogP contribution in [0.1, 0.15) is 12.8 Å². The van der Waals surface area contributed by atoms with E-state index >= 15 is 0 Å². The van der Waals surface area contributed by atoms with Gasteiger partial charge in [0.15, 0.2) is 0 Å². The molecule has 1 fully saturated rings. The van der Waals surface area contributed by atoms with E-state index < -0.39 is 5.60 Å². The van der Waals surface area contributed by atoms with Gasteiger partial charge in [-0.1, -0.05) is 6.07 Å². The molecule has 1 aliphatic rings. The van der Waals surface area contributed by atoms with E-state index in [4.69, 9.17) is 5.73 Å². The van der Waals surface area contributed by atoms with Crippen LogP contribution in [-0.4, -0.2) is 26.8 Å². The lowest BCUT2D eigenvalue weighted by Crippen LogP contribution is -2.44. The molecule has 0 saturated heterocycles. The summed E-state index contributed by atoms with van der Waals surface area (Å²) in [6.07, 6.45) is 5.85.